The SMILES string of the molecule is CC(C)CC(N)C(=O)Nc1ccc(C(N)=O)cc1. The van der Waals surface area contributed by atoms with Gasteiger partial charge in [-0.3, -0.25) is 9.59 Å². The molecule has 5 heteroatoms. The van der Waals surface area contributed by atoms with E-state index in [0.717, 1.165) is 0 Å². The number of hydrogen-bond acceptors (Lipinski definition) is 3. The molecule has 1 atom stereocenters. The molecule has 0 aliphatic heterocycles. The third-order valence-corrected chi connectivity index (χ3v) is 2.50. The Bertz CT molecular complexity index is 426. The molecule has 0 radical (unpaired) electrons. The van der Waals surface area contributed by atoms with Crippen LogP contribution in [0.1, 0.15) is 30.6 Å². The first kappa shape index (κ1) is 14.2. The van der Waals surface area contributed by atoms with Crippen molar-refractivity contribution >= 4 is 17.5 Å². The molecule has 0 bridgehead atoms. The van der Waals surface area contributed by atoms with Crippen LogP contribution < -0.4 is 16.8 Å². The highest BCUT2D eigenvalue weighted by Crippen LogP contribution is 2.11. The topological polar surface area (TPSA) is 98.2 Å². The van der Waals surface area contributed by atoms with E-state index in [1.807, 2.05) is 13.8 Å². The van der Waals surface area contributed by atoms with E-state index in [-0.39, 0.29) is 5.91 Å². The van der Waals surface area contributed by atoms with Crippen molar-refractivity contribution in [1.82, 2.24) is 0 Å². The Hall–Kier alpha value is -1.88. The minimum Gasteiger partial charge on any atom is -0.366 e. The molecular weight excluding hydrogens is 230 g/mol. The molecule has 0 aromatic heterocycles. The second kappa shape index (κ2) is 6.16. The van der Waals surface area contributed by atoms with Gasteiger partial charge in [0.25, 0.3) is 0 Å². The minimum atomic E-state index is -0.527. The number of benzene rings is 1. The van der Waals surface area contributed by atoms with Gasteiger partial charge in [0.05, 0.1) is 6.04 Å². The van der Waals surface area contributed by atoms with Crippen LogP contribution in [0.5, 0.6) is 0 Å². The van der Waals surface area contributed by atoms with Crippen LogP contribution in [0.25, 0.3) is 0 Å². The van der Waals surface area contributed by atoms with Gasteiger partial charge < -0.3 is 16.8 Å². The summed E-state index contributed by atoms with van der Waals surface area (Å²) in [6.07, 6.45) is 0.630. The molecule has 0 fully saturated rings. The number of rotatable bonds is 5. The van der Waals surface area contributed by atoms with Crippen LogP contribution >= 0.6 is 0 Å². The second-order valence-corrected chi connectivity index (χ2v) is 4.67. The molecule has 5 N–H and O–H groups in total. The maximum atomic E-state index is 11.7. The average molecular weight is 249 g/mol. The molecule has 1 unspecified atom stereocenters. The number of anilines is 1. The molecule has 5 nitrogen and oxygen atoms in total. The maximum Gasteiger partial charge on any atom is 0.248 e. The fourth-order valence-electron chi connectivity index (χ4n) is 1.57. The van der Waals surface area contributed by atoms with Crippen molar-refractivity contribution in [2.45, 2.75) is 26.3 Å². The number of carbonyl (C=O) groups excluding carboxylic acids is 2. The molecule has 0 heterocycles. The Kier molecular flexibility index (Phi) is 4.85. The number of nitrogens with two attached hydrogens (primary N) is 2. The fourth-order valence-corrected chi connectivity index (χ4v) is 1.57. The first-order chi connectivity index (χ1) is 8.40. The van der Waals surface area contributed by atoms with Crippen molar-refractivity contribution in [2.75, 3.05) is 5.32 Å². The smallest absolute Gasteiger partial charge is 0.248 e. The predicted molar refractivity (Wildman–Crippen MR) is 71.0 cm³/mol. The first-order valence-corrected chi connectivity index (χ1v) is 5.86. The van der Waals surface area contributed by atoms with E-state index in [9.17, 15) is 9.59 Å². The molecule has 0 aliphatic rings. The molecule has 1 rings (SSSR count). The van der Waals surface area contributed by atoms with Gasteiger partial charge >= 0.3 is 0 Å². The lowest BCUT2D eigenvalue weighted by molar-refractivity contribution is -0.117. The number of hydrogen-bond donors (Lipinski definition) is 3. The van der Waals surface area contributed by atoms with Crippen LogP contribution in [0.15, 0.2) is 24.3 Å². The lowest BCUT2D eigenvalue weighted by Crippen LogP contribution is -2.36. The lowest BCUT2D eigenvalue weighted by Gasteiger charge is -2.14. The predicted octanol–water partition coefficient (Wildman–Crippen LogP) is 1.10. The summed E-state index contributed by atoms with van der Waals surface area (Å²) in [4.78, 5) is 22.6. The highest BCUT2D eigenvalue weighted by molar-refractivity contribution is 5.96. The standard InChI is InChI=1S/C13H19N3O2/c1-8(2)7-11(14)13(18)16-10-5-3-9(4-6-10)12(15)17/h3-6,8,11H,7,14H2,1-2H3,(H2,15,17)(H,16,18). The van der Waals surface area contributed by atoms with E-state index >= 15 is 0 Å². The van der Waals surface area contributed by atoms with E-state index in [1.54, 1.807) is 24.3 Å². The fraction of sp³-hybridized carbons (Fsp3) is 0.385. The Morgan fingerprint density at radius 2 is 1.78 bits per heavy atom. The van der Waals surface area contributed by atoms with Gasteiger partial charge in [0, 0.05) is 11.3 Å². The van der Waals surface area contributed by atoms with Crippen molar-refractivity contribution in [2.24, 2.45) is 17.4 Å². The Labute approximate surface area is 107 Å². The Morgan fingerprint density at radius 1 is 1.22 bits per heavy atom. The summed E-state index contributed by atoms with van der Waals surface area (Å²) in [5, 5.41) is 2.70. The number of nitrogens with one attached hydrogen (secondary N) is 1. The van der Waals surface area contributed by atoms with Gasteiger partial charge in [0.1, 0.15) is 0 Å². The third kappa shape index (κ3) is 4.18. The third-order valence-electron chi connectivity index (χ3n) is 2.50. The van der Waals surface area contributed by atoms with Crippen molar-refractivity contribution in [3.63, 3.8) is 0 Å². The monoisotopic (exact) mass is 249 g/mol. The summed E-state index contributed by atoms with van der Waals surface area (Å²) in [5.74, 6) is -0.358. The van der Waals surface area contributed by atoms with Crippen LogP contribution in [-0.4, -0.2) is 17.9 Å². The molecule has 18 heavy (non-hydrogen) atoms. The van der Waals surface area contributed by atoms with Gasteiger partial charge in [0.2, 0.25) is 11.8 Å². The first-order valence-electron chi connectivity index (χ1n) is 5.86. The summed E-state index contributed by atoms with van der Waals surface area (Å²) in [6, 6.07) is 5.85. The summed E-state index contributed by atoms with van der Waals surface area (Å²) in [6.45, 7) is 4.02. The van der Waals surface area contributed by atoms with E-state index < -0.39 is 11.9 Å². The van der Waals surface area contributed by atoms with E-state index in [1.165, 1.54) is 0 Å². The van der Waals surface area contributed by atoms with Crippen LogP contribution in [0.3, 0.4) is 0 Å². The van der Waals surface area contributed by atoms with Crippen LogP contribution in [0.2, 0.25) is 0 Å². The molecular formula is C13H19N3O2. The molecule has 1 aromatic carbocycles. The molecule has 98 valence electrons. The van der Waals surface area contributed by atoms with Crippen molar-refractivity contribution in [3.8, 4) is 0 Å². The van der Waals surface area contributed by atoms with Crippen molar-refractivity contribution in [1.29, 1.82) is 0 Å². The molecule has 0 spiro atoms. The van der Waals surface area contributed by atoms with E-state index in [2.05, 4.69) is 5.32 Å². The number of primary amides is 1. The summed E-state index contributed by atoms with van der Waals surface area (Å²) >= 11 is 0. The minimum absolute atomic E-state index is 0.226. The normalized spacial score (nSPS) is 12.2. The van der Waals surface area contributed by atoms with Gasteiger partial charge in [-0.1, -0.05) is 13.8 Å². The van der Waals surface area contributed by atoms with Crippen LogP contribution in [0.4, 0.5) is 5.69 Å². The molecule has 0 aliphatic carbocycles. The van der Waals surface area contributed by atoms with Gasteiger partial charge in [-0.15, -0.1) is 0 Å². The zero-order valence-electron chi connectivity index (χ0n) is 10.6. The maximum absolute atomic E-state index is 11.7. The zero-order chi connectivity index (χ0) is 13.7. The van der Waals surface area contributed by atoms with Gasteiger partial charge in [0.15, 0.2) is 0 Å². The summed E-state index contributed by atoms with van der Waals surface area (Å²) in [7, 11) is 0. The van der Waals surface area contributed by atoms with E-state index in [0.29, 0.717) is 23.6 Å². The molecule has 1 aromatic rings. The summed E-state index contributed by atoms with van der Waals surface area (Å²) in [5.41, 5.74) is 11.9. The quantitative estimate of drug-likeness (QED) is 0.728. The Balaban J connectivity index is 2.62. The Morgan fingerprint density at radius 3 is 2.22 bits per heavy atom. The van der Waals surface area contributed by atoms with Gasteiger partial charge in [-0.25, -0.2) is 0 Å². The second-order valence-electron chi connectivity index (χ2n) is 4.67. The van der Waals surface area contributed by atoms with Gasteiger partial charge in [-0.05, 0) is 36.6 Å². The van der Waals surface area contributed by atoms with E-state index in [4.69, 9.17) is 11.5 Å². The number of amides is 2. The average Bonchev–Trinajstić information content (AvgIpc) is 2.28. The largest absolute Gasteiger partial charge is 0.366 e. The van der Waals surface area contributed by atoms with Crippen LogP contribution in [-0.2, 0) is 4.79 Å². The lowest BCUT2D eigenvalue weighted by atomic mass is 10.0. The van der Waals surface area contributed by atoms with Crippen molar-refractivity contribution < 1.29 is 9.59 Å². The molecule has 0 saturated heterocycles. The highest BCUT2D eigenvalue weighted by atomic mass is 16.2. The molecule has 0 saturated carbocycles. The zero-order valence-corrected chi connectivity index (χ0v) is 10.6. The van der Waals surface area contributed by atoms with Crippen molar-refractivity contribution in [3.05, 3.63) is 29.8 Å². The summed E-state index contributed by atoms with van der Waals surface area (Å²) < 4.78 is 0. The number of carbonyl (C=O) groups is 2. The molecule has 2 amide bonds. The van der Waals surface area contributed by atoms with Gasteiger partial charge in [-0.2, -0.15) is 0 Å². The highest BCUT2D eigenvalue weighted by Gasteiger charge is 2.14. The van der Waals surface area contributed by atoms with Crippen LogP contribution in [0, 0.1) is 5.92 Å².